The van der Waals surface area contributed by atoms with Crippen LogP contribution in [0.15, 0.2) is 30.3 Å². The largest absolute Gasteiger partial charge is 0.325 e. The van der Waals surface area contributed by atoms with Crippen LogP contribution in [0.3, 0.4) is 0 Å². The van der Waals surface area contributed by atoms with Crippen molar-refractivity contribution in [2.24, 2.45) is 12.8 Å². The second kappa shape index (κ2) is 5.75. The molecule has 3 nitrogen and oxygen atoms in total. The summed E-state index contributed by atoms with van der Waals surface area (Å²) in [5, 5.41) is 4.42. The molecule has 108 valence electrons. The van der Waals surface area contributed by atoms with Crippen molar-refractivity contribution >= 4 is 0 Å². The number of hydrogen-bond donors (Lipinski definition) is 1. The molecule has 4 heteroatoms. The average Bonchev–Trinajstić information content (AvgIpc) is 2.72. The van der Waals surface area contributed by atoms with Gasteiger partial charge in [-0.3, -0.25) is 4.68 Å². The van der Waals surface area contributed by atoms with E-state index >= 15 is 0 Å². The molecule has 0 saturated heterocycles. The maximum atomic E-state index is 13.7. The maximum absolute atomic E-state index is 13.7. The van der Waals surface area contributed by atoms with Crippen LogP contribution in [0, 0.1) is 5.82 Å². The molecule has 0 saturated carbocycles. The Balaban J connectivity index is 2.14. The normalized spacial score (nSPS) is 14.2. The van der Waals surface area contributed by atoms with Gasteiger partial charge in [-0.2, -0.15) is 5.10 Å². The first kappa shape index (κ1) is 14.7. The van der Waals surface area contributed by atoms with Crippen LogP contribution in [0.5, 0.6) is 0 Å². The minimum Gasteiger partial charge on any atom is -0.325 e. The zero-order valence-electron chi connectivity index (χ0n) is 12.4. The van der Waals surface area contributed by atoms with Gasteiger partial charge < -0.3 is 5.73 Å². The van der Waals surface area contributed by atoms with Crippen LogP contribution in [0.2, 0.25) is 0 Å². The standard InChI is InChI=1S/C16H22FN3/c1-4-13-9-14(20(3)19-13)11-16(2,18)10-12-7-5-6-8-15(12)17/h5-9H,4,10-11,18H2,1-3H3. The van der Waals surface area contributed by atoms with Gasteiger partial charge in [-0.15, -0.1) is 0 Å². The van der Waals surface area contributed by atoms with Gasteiger partial charge in [0, 0.05) is 24.7 Å². The summed E-state index contributed by atoms with van der Waals surface area (Å²) in [6, 6.07) is 8.88. The number of aryl methyl sites for hydroxylation is 2. The summed E-state index contributed by atoms with van der Waals surface area (Å²) in [6.07, 6.45) is 2.08. The fraction of sp³-hybridized carbons (Fsp3) is 0.438. The lowest BCUT2D eigenvalue weighted by Gasteiger charge is -2.25. The second-order valence-electron chi connectivity index (χ2n) is 5.70. The summed E-state index contributed by atoms with van der Waals surface area (Å²) in [4.78, 5) is 0. The van der Waals surface area contributed by atoms with Crippen LogP contribution >= 0.6 is 0 Å². The Bertz CT molecular complexity index is 587. The van der Waals surface area contributed by atoms with Crippen molar-refractivity contribution in [3.8, 4) is 0 Å². The highest BCUT2D eigenvalue weighted by molar-refractivity contribution is 5.21. The number of nitrogens with two attached hydrogens (primary N) is 1. The Morgan fingerprint density at radius 1 is 1.30 bits per heavy atom. The molecule has 0 amide bonds. The molecule has 0 radical (unpaired) electrons. The van der Waals surface area contributed by atoms with Crippen molar-refractivity contribution in [2.75, 3.05) is 0 Å². The molecule has 0 aliphatic heterocycles. The molecule has 1 atom stereocenters. The first-order valence-electron chi connectivity index (χ1n) is 6.95. The van der Waals surface area contributed by atoms with Gasteiger partial charge in [0.15, 0.2) is 0 Å². The van der Waals surface area contributed by atoms with Crippen LogP contribution in [0.1, 0.15) is 30.8 Å². The molecule has 0 spiro atoms. The molecular formula is C16H22FN3. The quantitative estimate of drug-likeness (QED) is 0.911. The van der Waals surface area contributed by atoms with E-state index in [0.717, 1.165) is 17.8 Å². The number of hydrogen-bond acceptors (Lipinski definition) is 2. The molecule has 0 bridgehead atoms. The van der Waals surface area contributed by atoms with E-state index in [4.69, 9.17) is 5.73 Å². The minimum atomic E-state index is -0.499. The third-order valence-corrected chi connectivity index (χ3v) is 3.53. The van der Waals surface area contributed by atoms with Crippen LogP contribution in [-0.2, 0) is 26.3 Å². The third kappa shape index (κ3) is 3.45. The number of rotatable bonds is 5. The van der Waals surface area contributed by atoms with Crippen LogP contribution < -0.4 is 5.73 Å². The van der Waals surface area contributed by atoms with Gasteiger partial charge in [0.2, 0.25) is 0 Å². The zero-order valence-corrected chi connectivity index (χ0v) is 12.4. The Morgan fingerprint density at radius 3 is 2.60 bits per heavy atom. The molecule has 2 N–H and O–H groups in total. The fourth-order valence-electron chi connectivity index (χ4n) is 2.46. The number of aromatic nitrogens is 2. The topological polar surface area (TPSA) is 43.8 Å². The third-order valence-electron chi connectivity index (χ3n) is 3.53. The number of nitrogens with zero attached hydrogens (tertiary/aromatic N) is 2. The van der Waals surface area contributed by atoms with E-state index in [2.05, 4.69) is 18.1 Å². The Labute approximate surface area is 119 Å². The first-order valence-corrected chi connectivity index (χ1v) is 6.95. The lowest BCUT2D eigenvalue weighted by Crippen LogP contribution is -2.41. The molecule has 2 aromatic rings. The smallest absolute Gasteiger partial charge is 0.126 e. The molecule has 20 heavy (non-hydrogen) atoms. The summed E-state index contributed by atoms with van der Waals surface area (Å²) in [5.74, 6) is -0.191. The Kier molecular flexibility index (Phi) is 4.23. The van der Waals surface area contributed by atoms with Gasteiger partial charge >= 0.3 is 0 Å². The van der Waals surface area contributed by atoms with Crippen molar-refractivity contribution in [3.05, 3.63) is 53.1 Å². The van der Waals surface area contributed by atoms with E-state index < -0.39 is 5.54 Å². The summed E-state index contributed by atoms with van der Waals surface area (Å²) in [5.41, 5.74) is 8.67. The zero-order chi connectivity index (χ0) is 14.8. The van der Waals surface area contributed by atoms with Gasteiger partial charge in [0.1, 0.15) is 5.82 Å². The van der Waals surface area contributed by atoms with E-state index in [0.29, 0.717) is 18.4 Å². The number of benzene rings is 1. The Morgan fingerprint density at radius 2 is 2.00 bits per heavy atom. The van der Waals surface area contributed by atoms with Crippen molar-refractivity contribution in [3.63, 3.8) is 0 Å². The molecular weight excluding hydrogens is 253 g/mol. The van der Waals surface area contributed by atoms with E-state index in [9.17, 15) is 4.39 Å². The summed E-state index contributed by atoms with van der Waals surface area (Å²) < 4.78 is 15.6. The lowest BCUT2D eigenvalue weighted by molar-refractivity contribution is 0.438. The summed E-state index contributed by atoms with van der Waals surface area (Å²) >= 11 is 0. The van der Waals surface area contributed by atoms with Gasteiger partial charge in [-0.05, 0) is 37.5 Å². The van der Waals surface area contributed by atoms with E-state index in [1.54, 1.807) is 12.1 Å². The molecule has 0 aliphatic carbocycles. The second-order valence-corrected chi connectivity index (χ2v) is 5.70. The van der Waals surface area contributed by atoms with Crippen molar-refractivity contribution in [1.82, 2.24) is 9.78 Å². The molecule has 0 aliphatic rings. The van der Waals surface area contributed by atoms with E-state index in [-0.39, 0.29) is 5.82 Å². The van der Waals surface area contributed by atoms with Crippen LogP contribution in [0.25, 0.3) is 0 Å². The van der Waals surface area contributed by atoms with Crippen molar-refractivity contribution < 1.29 is 4.39 Å². The molecule has 0 fully saturated rings. The van der Waals surface area contributed by atoms with Crippen LogP contribution in [-0.4, -0.2) is 15.3 Å². The van der Waals surface area contributed by atoms with Gasteiger partial charge in [0.05, 0.1) is 5.69 Å². The number of halogens is 1. The highest BCUT2D eigenvalue weighted by Crippen LogP contribution is 2.19. The monoisotopic (exact) mass is 275 g/mol. The molecule has 1 aromatic heterocycles. The highest BCUT2D eigenvalue weighted by atomic mass is 19.1. The van der Waals surface area contributed by atoms with Crippen molar-refractivity contribution in [1.29, 1.82) is 0 Å². The summed E-state index contributed by atoms with van der Waals surface area (Å²) in [7, 11) is 1.92. The fourth-order valence-corrected chi connectivity index (χ4v) is 2.46. The minimum absolute atomic E-state index is 0.191. The molecule has 1 heterocycles. The predicted octanol–water partition coefficient (Wildman–Crippen LogP) is 2.62. The SMILES string of the molecule is CCc1cc(CC(C)(N)Cc2ccccc2F)n(C)n1. The van der Waals surface area contributed by atoms with Gasteiger partial charge in [-0.25, -0.2) is 4.39 Å². The van der Waals surface area contributed by atoms with Gasteiger partial charge in [0.25, 0.3) is 0 Å². The van der Waals surface area contributed by atoms with Gasteiger partial charge in [-0.1, -0.05) is 25.1 Å². The predicted molar refractivity (Wildman–Crippen MR) is 79.0 cm³/mol. The summed E-state index contributed by atoms with van der Waals surface area (Å²) in [6.45, 7) is 4.03. The first-order chi connectivity index (χ1) is 9.41. The van der Waals surface area contributed by atoms with Crippen molar-refractivity contribution in [2.45, 2.75) is 38.6 Å². The highest BCUT2D eigenvalue weighted by Gasteiger charge is 2.23. The maximum Gasteiger partial charge on any atom is 0.126 e. The molecule has 1 aromatic carbocycles. The van der Waals surface area contributed by atoms with Crippen LogP contribution in [0.4, 0.5) is 4.39 Å². The lowest BCUT2D eigenvalue weighted by atomic mass is 9.89. The molecule has 1 unspecified atom stereocenters. The Hall–Kier alpha value is -1.68. The van der Waals surface area contributed by atoms with E-state index in [1.165, 1.54) is 6.07 Å². The average molecular weight is 275 g/mol. The molecule has 2 rings (SSSR count). The van der Waals surface area contributed by atoms with E-state index in [1.807, 2.05) is 24.7 Å².